The van der Waals surface area contributed by atoms with Gasteiger partial charge < -0.3 is 9.73 Å². The fourth-order valence-electron chi connectivity index (χ4n) is 2.72. The van der Waals surface area contributed by atoms with Crippen molar-refractivity contribution in [2.45, 2.75) is 6.92 Å². The number of hydrogen-bond acceptors (Lipinski definition) is 6. The molecule has 3 rings (SSSR count). The molecule has 0 fully saturated rings. The maximum Gasteiger partial charge on any atom is 0.280 e. The second-order valence-corrected chi connectivity index (χ2v) is 6.01. The number of nitrogens with one attached hydrogen (secondary N) is 1. The second-order valence-electron chi connectivity index (χ2n) is 6.01. The molecule has 2 aromatic carbocycles. The maximum absolute atomic E-state index is 12.1. The van der Waals surface area contributed by atoms with Crippen LogP contribution >= 0.6 is 0 Å². The molecule has 0 bridgehead atoms. The monoisotopic (exact) mass is 393 g/mol. The first-order valence-electron chi connectivity index (χ1n) is 8.43. The van der Waals surface area contributed by atoms with Gasteiger partial charge >= 0.3 is 0 Å². The fourth-order valence-corrected chi connectivity index (χ4v) is 2.72. The van der Waals surface area contributed by atoms with Gasteiger partial charge in [0.25, 0.3) is 11.4 Å². The van der Waals surface area contributed by atoms with E-state index < -0.39 is 15.8 Å². The number of furan rings is 1. The van der Waals surface area contributed by atoms with E-state index in [4.69, 9.17) is 4.42 Å². The van der Waals surface area contributed by atoms with Crippen molar-refractivity contribution >= 4 is 29.0 Å². The minimum atomic E-state index is -0.520. The highest BCUT2D eigenvalue weighted by Crippen LogP contribution is 2.31. The Morgan fingerprint density at radius 3 is 2.38 bits per heavy atom. The highest BCUT2D eigenvalue weighted by Gasteiger charge is 2.17. The van der Waals surface area contributed by atoms with Crippen LogP contribution < -0.4 is 5.32 Å². The normalized spacial score (nSPS) is 10.8. The van der Waals surface area contributed by atoms with E-state index in [1.54, 1.807) is 43.3 Å². The van der Waals surface area contributed by atoms with Gasteiger partial charge in [-0.2, -0.15) is 0 Å². The van der Waals surface area contributed by atoms with Crippen molar-refractivity contribution in [1.29, 1.82) is 0 Å². The van der Waals surface area contributed by atoms with E-state index in [1.807, 2.05) is 0 Å². The summed E-state index contributed by atoms with van der Waals surface area (Å²) in [6.45, 7) is 1.54. The summed E-state index contributed by atoms with van der Waals surface area (Å²) in [4.78, 5) is 33.2. The Hall–Kier alpha value is -4.27. The van der Waals surface area contributed by atoms with Crippen LogP contribution in [0.3, 0.4) is 0 Å². The van der Waals surface area contributed by atoms with Gasteiger partial charge in [-0.05, 0) is 37.3 Å². The van der Waals surface area contributed by atoms with Crippen LogP contribution in [0.1, 0.15) is 11.3 Å². The Balaban J connectivity index is 1.75. The number of anilines is 1. The number of hydrogen-bond donors (Lipinski definition) is 1. The van der Waals surface area contributed by atoms with Crippen LogP contribution in [0.15, 0.2) is 65.1 Å². The third-order valence-corrected chi connectivity index (χ3v) is 4.15. The largest absolute Gasteiger partial charge is 0.456 e. The van der Waals surface area contributed by atoms with Gasteiger partial charge in [0.2, 0.25) is 5.91 Å². The number of carbonyl (C=O) groups excluding carboxylic acids is 1. The molecule has 0 spiro atoms. The van der Waals surface area contributed by atoms with Crippen molar-refractivity contribution in [3.8, 4) is 11.3 Å². The highest BCUT2D eigenvalue weighted by molar-refractivity contribution is 6.02. The van der Waals surface area contributed by atoms with Crippen molar-refractivity contribution in [2.75, 3.05) is 5.32 Å². The summed E-state index contributed by atoms with van der Waals surface area (Å²) < 4.78 is 5.57. The number of para-hydroxylation sites is 1. The molecule has 1 heterocycles. The Bertz CT molecular complexity index is 1130. The Morgan fingerprint density at radius 1 is 0.966 bits per heavy atom. The molecule has 9 nitrogen and oxygen atoms in total. The average Bonchev–Trinajstić information content (AvgIpc) is 3.16. The molecule has 1 amide bonds. The van der Waals surface area contributed by atoms with Gasteiger partial charge in [-0.15, -0.1) is 0 Å². The van der Waals surface area contributed by atoms with Gasteiger partial charge in [-0.25, -0.2) is 0 Å². The summed E-state index contributed by atoms with van der Waals surface area (Å²) >= 11 is 0. The van der Waals surface area contributed by atoms with Crippen molar-refractivity contribution in [3.05, 3.63) is 92.2 Å². The van der Waals surface area contributed by atoms with Gasteiger partial charge in [0, 0.05) is 18.2 Å². The number of carbonyl (C=O) groups is 1. The van der Waals surface area contributed by atoms with Crippen LogP contribution in [0.25, 0.3) is 17.4 Å². The topological polar surface area (TPSA) is 129 Å². The molecular weight excluding hydrogens is 378 g/mol. The van der Waals surface area contributed by atoms with E-state index in [1.165, 1.54) is 30.4 Å². The lowest BCUT2D eigenvalue weighted by Crippen LogP contribution is -2.09. The van der Waals surface area contributed by atoms with Crippen molar-refractivity contribution < 1.29 is 19.1 Å². The van der Waals surface area contributed by atoms with Crippen LogP contribution in [-0.2, 0) is 4.79 Å². The number of benzene rings is 2. The molecular formula is C20H15N3O6. The van der Waals surface area contributed by atoms with E-state index in [2.05, 4.69) is 5.32 Å². The van der Waals surface area contributed by atoms with Gasteiger partial charge in [0.05, 0.1) is 26.7 Å². The van der Waals surface area contributed by atoms with Crippen LogP contribution in [0.5, 0.6) is 0 Å². The third kappa shape index (κ3) is 4.35. The third-order valence-electron chi connectivity index (χ3n) is 4.15. The molecule has 0 saturated heterocycles. The minimum absolute atomic E-state index is 0.0868. The smallest absolute Gasteiger partial charge is 0.280 e. The van der Waals surface area contributed by atoms with Crippen LogP contribution in [-0.4, -0.2) is 15.8 Å². The predicted octanol–water partition coefficient (Wildman–Crippen LogP) is 4.72. The number of nitro groups is 2. The lowest BCUT2D eigenvalue weighted by atomic mass is 10.1. The van der Waals surface area contributed by atoms with E-state index >= 15 is 0 Å². The van der Waals surface area contributed by atoms with E-state index in [-0.39, 0.29) is 11.4 Å². The molecule has 3 aromatic rings. The lowest BCUT2D eigenvalue weighted by Gasteiger charge is -2.06. The fraction of sp³-hybridized carbons (Fsp3) is 0.0500. The molecule has 0 aliphatic heterocycles. The first kappa shape index (κ1) is 19.5. The summed E-state index contributed by atoms with van der Waals surface area (Å²) in [6.07, 6.45) is 2.61. The molecule has 1 N–H and O–H groups in total. The molecule has 0 atom stereocenters. The summed E-state index contributed by atoms with van der Waals surface area (Å²) in [5.41, 5.74) is 0.821. The van der Waals surface area contributed by atoms with Gasteiger partial charge in [-0.1, -0.05) is 18.2 Å². The van der Waals surface area contributed by atoms with E-state index in [0.29, 0.717) is 28.3 Å². The van der Waals surface area contributed by atoms with Crippen molar-refractivity contribution in [3.63, 3.8) is 0 Å². The standard InChI is InChI=1S/C20H15N3O6/c1-13-16(6-4-8-17(13)22(25)26)21-20(24)12-10-14-9-11-19(29-14)15-5-2-3-7-18(15)23(27)28/h2-12H,1H3,(H,21,24)/b12-10+. The summed E-state index contributed by atoms with van der Waals surface area (Å²) in [5, 5.41) is 24.7. The summed E-state index contributed by atoms with van der Waals surface area (Å²) in [7, 11) is 0. The predicted molar refractivity (Wildman–Crippen MR) is 106 cm³/mol. The molecule has 0 saturated carbocycles. The molecule has 0 radical (unpaired) electrons. The second kappa shape index (κ2) is 8.17. The van der Waals surface area contributed by atoms with Crippen molar-refractivity contribution in [2.24, 2.45) is 0 Å². The zero-order chi connectivity index (χ0) is 21.0. The van der Waals surface area contributed by atoms with E-state index in [9.17, 15) is 25.0 Å². The summed E-state index contributed by atoms with van der Waals surface area (Å²) in [6, 6.07) is 13.7. The van der Waals surface area contributed by atoms with Gasteiger partial charge in [-0.3, -0.25) is 25.0 Å². The molecule has 1 aromatic heterocycles. The lowest BCUT2D eigenvalue weighted by molar-refractivity contribution is -0.385. The maximum atomic E-state index is 12.1. The van der Waals surface area contributed by atoms with Gasteiger partial charge in [0.15, 0.2) is 0 Å². The average molecular weight is 393 g/mol. The Labute approximate surface area is 164 Å². The first-order chi connectivity index (χ1) is 13.9. The summed E-state index contributed by atoms with van der Waals surface area (Å²) in [5.74, 6) is 0.119. The molecule has 0 aliphatic rings. The van der Waals surface area contributed by atoms with E-state index in [0.717, 1.165) is 0 Å². The minimum Gasteiger partial charge on any atom is -0.456 e. The molecule has 29 heavy (non-hydrogen) atoms. The molecule has 0 aliphatic carbocycles. The highest BCUT2D eigenvalue weighted by atomic mass is 16.6. The number of amides is 1. The SMILES string of the molecule is Cc1c(NC(=O)/C=C/c2ccc(-c3ccccc3[N+](=O)[O-])o2)cccc1[N+](=O)[O-]. The zero-order valence-electron chi connectivity index (χ0n) is 15.2. The number of rotatable bonds is 6. The zero-order valence-corrected chi connectivity index (χ0v) is 15.2. The van der Waals surface area contributed by atoms with Gasteiger partial charge in [0.1, 0.15) is 11.5 Å². The number of nitro benzene ring substituents is 2. The Morgan fingerprint density at radius 2 is 1.66 bits per heavy atom. The van der Waals surface area contributed by atoms with Crippen LogP contribution in [0.2, 0.25) is 0 Å². The number of nitrogens with zero attached hydrogens (tertiary/aromatic N) is 2. The quantitative estimate of drug-likeness (QED) is 0.366. The molecule has 0 unspecified atom stereocenters. The van der Waals surface area contributed by atoms with Crippen LogP contribution in [0.4, 0.5) is 17.1 Å². The molecule has 9 heteroatoms. The first-order valence-corrected chi connectivity index (χ1v) is 8.43. The van der Waals surface area contributed by atoms with Crippen molar-refractivity contribution in [1.82, 2.24) is 0 Å². The molecule has 146 valence electrons. The van der Waals surface area contributed by atoms with Crippen LogP contribution in [0, 0.1) is 27.2 Å². The Kier molecular flexibility index (Phi) is 5.49.